The van der Waals surface area contributed by atoms with Gasteiger partial charge in [-0.2, -0.15) is 5.26 Å². The van der Waals surface area contributed by atoms with Crippen LogP contribution >= 0.6 is 0 Å². The quantitative estimate of drug-likeness (QED) is 0.884. The van der Waals surface area contributed by atoms with E-state index in [2.05, 4.69) is 12.2 Å². The van der Waals surface area contributed by atoms with Crippen LogP contribution in [0, 0.1) is 11.3 Å². The lowest BCUT2D eigenvalue weighted by molar-refractivity contribution is 0.00925. The van der Waals surface area contributed by atoms with Gasteiger partial charge in [0.25, 0.3) is 0 Å². The molecule has 0 aromatic heterocycles. The van der Waals surface area contributed by atoms with E-state index in [-0.39, 0.29) is 6.61 Å². The number of benzene rings is 1. The van der Waals surface area contributed by atoms with Crippen LogP contribution in [0.5, 0.6) is 5.75 Å². The van der Waals surface area contributed by atoms with Crippen molar-refractivity contribution in [2.75, 3.05) is 18.5 Å². The van der Waals surface area contributed by atoms with Crippen LogP contribution < -0.4 is 10.1 Å². The number of nitrogens with one attached hydrogen (secondary N) is 1. The molecule has 0 amide bonds. The highest BCUT2D eigenvalue weighted by atomic mass is 16.5. The number of hydrogen-bond acceptors (Lipinski definition) is 4. The molecule has 1 N–H and O–H groups in total. The first-order valence-electron chi connectivity index (χ1n) is 6.79. The Labute approximate surface area is 114 Å². The van der Waals surface area contributed by atoms with E-state index in [0.29, 0.717) is 12.1 Å². The summed E-state index contributed by atoms with van der Waals surface area (Å²) < 4.78 is 11.0. The number of anilines is 1. The average molecular weight is 260 g/mol. The van der Waals surface area contributed by atoms with E-state index in [9.17, 15) is 0 Å². The van der Waals surface area contributed by atoms with Gasteiger partial charge in [-0.25, -0.2) is 0 Å². The fraction of sp³-hybridized carbons (Fsp3) is 0.533. The molecule has 1 fully saturated rings. The van der Waals surface area contributed by atoms with Gasteiger partial charge in [-0.15, -0.1) is 0 Å². The summed E-state index contributed by atoms with van der Waals surface area (Å²) in [5.41, 5.74) is 1.04. The zero-order valence-electron chi connectivity index (χ0n) is 11.3. The van der Waals surface area contributed by atoms with Gasteiger partial charge in [0, 0.05) is 24.4 Å². The van der Waals surface area contributed by atoms with Crippen LogP contribution in [0.3, 0.4) is 0 Å². The first-order chi connectivity index (χ1) is 9.31. The third-order valence-electron chi connectivity index (χ3n) is 3.33. The van der Waals surface area contributed by atoms with E-state index >= 15 is 0 Å². The minimum atomic E-state index is 0.0820. The van der Waals surface area contributed by atoms with Gasteiger partial charge in [-0.3, -0.25) is 0 Å². The van der Waals surface area contributed by atoms with Gasteiger partial charge in [0.05, 0.1) is 6.10 Å². The molecule has 2 unspecified atom stereocenters. The summed E-state index contributed by atoms with van der Waals surface area (Å²) in [6.45, 7) is 3.06. The normalized spacial score (nSPS) is 22.5. The SMILES string of the molecule is CCC1CC(Nc2cccc(OCC#N)c2)CCO1. The Bertz CT molecular complexity index is 442. The summed E-state index contributed by atoms with van der Waals surface area (Å²) in [5.74, 6) is 0.727. The van der Waals surface area contributed by atoms with Crippen molar-refractivity contribution in [3.05, 3.63) is 24.3 Å². The van der Waals surface area contributed by atoms with Crippen LogP contribution in [0.4, 0.5) is 5.69 Å². The Morgan fingerprint density at radius 3 is 3.21 bits per heavy atom. The van der Waals surface area contributed by atoms with Crippen LogP contribution in [-0.2, 0) is 4.74 Å². The van der Waals surface area contributed by atoms with E-state index in [1.165, 1.54) is 0 Å². The third-order valence-corrected chi connectivity index (χ3v) is 3.33. The fourth-order valence-corrected chi connectivity index (χ4v) is 2.32. The predicted molar refractivity (Wildman–Crippen MR) is 74.2 cm³/mol. The van der Waals surface area contributed by atoms with Crippen LogP contribution in [0.15, 0.2) is 24.3 Å². The Morgan fingerprint density at radius 1 is 1.53 bits per heavy atom. The molecule has 1 aliphatic heterocycles. The topological polar surface area (TPSA) is 54.3 Å². The summed E-state index contributed by atoms with van der Waals surface area (Å²) in [6, 6.07) is 10.2. The maximum Gasteiger partial charge on any atom is 0.174 e. The van der Waals surface area contributed by atoms with Crippen molar-refractivity contribution in [3.63, 3.8) is 0 Å². The Morgan fingerprint density at radius 2 is 2.42 bits per heavy atom. The molecular weight excluding hydrogens is 240 g/mol. The molecule has 0 saturated carbocycles. The molecule has 2 atom stereocenters. The van der Waals surface area contributed by atoms with Crippen molar-refractivity contribution in [2.45, 2.75) is 38.3 Å². The second-order valence-corrected chi connectivity index (χ2v) is 4.74. The third kappa shape index (κ3) is 4.15. The lowest BCUT2D eigenvalue weighted by Gasteiger charge is -2.30. The van der Waals surface area contributed by atoms with E-state index in [0.717, 1.165) is 37.3 Å². The highest BCUT2D eigenvalue weighted by Gasteiger charge is 2.20. The number of ether oxygens (including phenoxy) is 2. The minimum Gasteiger partial charge on any atom is -0.479 e. The Balaban J connectivity index is 1.93. The monoisotopic (exact) mass is 260 g/mol. The van der Waals surface area contributed by atoms with E-state index < -0.39 is 0 Å². The molecular formula is C15H20N2O2. The van der Waals surface area contributed by atoms with Gasteiger partial charge in [-0.1, -0.05) is 13.0 Å². The van der Waals surface area contributed by atoms with Crippen LogP contribution in [0.2, 0.25) is 0 Å². The van der Waals surface area contributed by atoms with Gasteiger partial charge in [0.2, 0.25) is 0 Å². The molecule has 0 aliphatic carbocycles. The highest BCUT2D eigenvalue weighted by molar-refractivity contribution is 5.49. The van der Waals surface area contributed by atoms with Crippen molar-refractivity contribution in [3.8, 4) is 11.8 Å². The highest BCUT2D eigenvalue weighted by Crippen LogP contribution is 2.23. The van der Waals surface area contributed by atoms with Crippen LogP contribution in [-0.4, -0.2) is 25.4 Å². The molecule has 0 radical (unpaired) electrons. The molecule has 102 valence electrons. The van der Waals surface area contributed by atoms with Gasteiger partial charge in [0.1, 0.15) is 11.8 Å². The number of nitrogens with zero attached hydrogens (tertiary/aromatic N) is 1. The lowest BCUT2D eigenvalue weighted by atomic mass is 10.0. The second kappa shape index (κ2) is 7.01. The summed E-state index contributed by atoms with van der Waals surface area (Å²) in [4.78, 5) is 0. The summed E-state index contributed by atoms with van der Waals surface area (Å²) >= 11 is 0. The maximum absolute atomic E-state index is 8.51. The van der Waals surface area contributed by atoms with Crippen LogP contribution in [0.1, 0.15) is 26.2 Å². The van der Waals surface area contributed by atoms with E-state index in [4.69, 9.17) is 14.7 Å². The minimum absolute atomic E-state index is 0.0820. The molecule has 1 aliphatic rings. The van der Waals surface area contributed by atoms with Gasteiger partial charge < -0.3 is 14.8 Å². The molecule has 1 aromatic carbocycles. The Hall–Kier alpha value is -1.73. The summed E-state index contributed by atoms with van der Waals surface area (Å²) in [7, 11) is 0. The maximum atomic E-state index is 8.51. The average Bonchev–Trinajstić information content (AvgIpc) is 2.46. The zero-order chi connectivity index (χ0) is 13.5. The molecule has 4 heteroatoms. The molecule has 19 heavy (non-hydrogen) atoms. The summed E-state index contributed by atoms with van der Waals surface area (Å²) in [5, 5.41) is 12.0. The van der Waals surface area contributed by atoms with Crippen molar-refractivity contribution in [1.82, 2.24) is 0 Å². The molecule has 4 nitrogen and oxygen atoms in total. The van der Waals surface area contributed by atoms with Gasteiger partial charge in [0.15, 0.2) is 6.61 Å². The predicted octanol–water partition coefficient (Wildman–Crippen LogP) is 2.96. The molecule has 1 saturated heterocycles. The largest absolute Gasteiger partial charge is 0.479 e. The standard InChI is InChI=1S/C15H20N2O2/c1-2-14-10-13(6-8-18-14)17-12-4-3-5-15(11-12)19-9-7-16/h3-5,11,13-14,17H,2,6,8-10H2,1H3. The van der Waals surface area contributed by atoms with Crippen LogP contribution in [0.25, 0.3) is 0 Å². The Kier molecular flexibility index (Phi) is 5.05. The van der Waals surface area contributed by atoms with E-state index in [1.807, 2.05) is 30.3 Å². The zero-order valence-corrected chi connectivity index (χ0v) is 11.3. The van der Waals surface area contributed by atoms with Crippen molar-refractivity contribution in [1.29, 1.82) is 5.26 Å². The summed E-state index contributed by atoms with van der Waals surface area (Å²) in [6.07, 6.45) is 3.49. The molecule has 0 bridgehead atoms. The smallest absolute Gasteiger partial charge is 0.174 e. The van der Waals surface area contributed by atoms with Crippen molar-refractivity contribution in [2.24, 2.45) is 0 Å². The fourth-order valence-electron chi connectivity index (χ4n) is 2.32. The van der Waals surface area contributed by atoms with Crippen molar-refractivity contribution >= 4 is 5.69 Å². The molecule has 1 heterocycles. The molecule has 0 spiro atoms. The van der Waals surface area contributed by atoms with Crippen molar-refractivity contribution < 1.29 is 9.47 Å². The number of nitriles is 1. The lowest BCUT2D eigenvalue weighted by Crippen LogP contribution is -2.33. The molecule has 2 rings (SSSR count). The number of rotatable bonds is 5. The van der Waals surface area contributed by atoms with Gasteiger partial charge in [-0.05, 0) is 31.4 Å². The van der Waals surface area contributed by atoms with Gasteiger partial charge >= 0.3 is 0 Å². The molecule has 1 aromatic rings. The first kappa shape index (κ1) is 13.7. The van der Waals surface area contributed by atoms with E-state index in [1.54, 1.807) is 0 Å². The second-order valence-electron chi connectivity index (χ2n) is 4.74. The first-order valence-corrected chi connectivity index (χ1v) is 6.79. The number of hydrogen-bond donors (Lipinski definition) is 1.